The Bertz CT molecular complexity index is 1150. The predicted molar refractivity (Wildman–Crippen MR) is 129 cm³/mol. The van der Waals surface area contributed by atoms with E-state index in [4.69, 9.17) is 5.21 Å². The quantitative estimate of drug-likeness (QED) is 0.203. The van der Waals surface area contributed by atoms with Crippen LogP contribution in [0, 0.1) is 11.8 Å². The zero-order valence-electron chi connectivity index (χ0n) is 18.8. The van der Waals surface area contributed by atoms with Crippen LogP contribution in [0.4, 0.5) is 0 Å². The highest BCUT2D eigenvalue weighted by Crippen LogP contribution is 2.07. The molecule has 34 heavy (non-hydrogen) atoms. The fourth-order valence-electron chi connectivity index (χ4n) is 3.20. The smallest absolute Gasteiger partial charge is 0.268 e. The lowest BCUT2D eigenvalue weighted by molar-refractivity contribution is -0.133. The number of nitrogens with one attached hydrogen (secondary N) is 3. The van der Waals surface area contributed by atoms with Gasteiger partial charge in [0.1, 0.15) is 6.04 Å². The van der Waals surface area contributed by atoms with E-state index in [1.165, 1.54) is 23.5 Å². The SMILES string of the molecule is CC(O)C(NC(=O)c1ccc(C#Cc2ccc(CNCc3ccccc3)cc2)cc1)C(=O)NO. The molecule has 0 saturated heterocycles. The van der Waals surface area contributed by atoms with Crippen molar-refractivity contribution < 1.29 is 19.9 Å². The zero-order valence-corrected chi connectivity index (χ0v) is 18.8. The van der Waals surface area contributed by atoms with Crippen LogP contribution in [0.5, 0.6) is 0 Å². The van der Waals surface area contributed by atoms with E-state index in [0.29, 0.717) is 5.56 Å². The topological polar surface area (TPSA) is 111 Å². The number of carbonyl (C=O) groups is 2. The number of aliphatic hydroxyl groups is 1. The molecular weight excluding hydrogens is 430 g/mol. The molecule has 5 N–H and O–H groups in total. The second kappa shape index (κ2) is 12.3. The average molecular weight is 458 g/mol. The van der Waals surface area contributed by atoms with E-state index < -0.39 is 24.0 Å². The first kappa shape index (κ1) is 24.7. The molecule has 0 aliphatic rings. The third-order valence-corrected chi connectivity index (χ3v) is 5.11. The van der Waals surface area contributed by atoms with Crippen LogP contribution in [-0.4, -0.2) is 34.3 Å². The number of amides is 2. The number of hydroxylamine groups is 1. The maximum Gasteiger partial charge on any atom is 0.268 e. The molecule has 0 aliphatic heterocycles. The molecule has 0 aliphatic carbocycles. The minimum Gasteiger partial charge on any atom is -0.391 e. The monoisotopic (exact) mass is 457 g/mol. The van der Waals surface area contributed by atoms with Crippen LogP contribution >= 0.6 is 0 Å². The first-order valence-electron chi connectivity index (χ1n) is 10.8. The summed E-state index contributed by atoms with van der Waals surface area (Å²) in [6.45, 7) is 2.92. The van der Waals surface area contributed by atoms with Gasteiger partial charge in [-0.1, -0.05) is 54.3 Å². The Morgan fingerprint density at radius 1 is 0.824 bits per heavy atom. The molecule has 7 nitrogen and oxygen atoms in total. The third-order valence-electron chi connectivity index (χ3n) is 5.11. The van der Waals surface area contributed by atoms with E-state index in [0.717, 1.165) is 24.2 Å². The summed E-state index contributed by atoms with van der Waals surface area (Å²) in [6, 6.07) is 23.5. The van der Waals surface area contributed by atoms with Gasteiger partial charge in [0.15, 0.2) is 0 Å². The average Bonchev–Trinajstić information content (AvgIpc) is 2.87. The van der Waals surface area contributed by atoms with Gasteiger partial charge in [-0.2, -0.15) is 0 Å². The summed E-state index contributed by atoms with van der Waals surface area (Å²) in [5.41, 5.74) is 5.75. The first-order chi connectivity index (χ1) is 16.5. The van der Waals surface area contributed by atoms with Crippen molar-refractivity contribution in [3.63, 3.8) is 0 Å². The highest BCUT2D eigenvalue weighted by atomic mass is 16.5. The maximum absolute atomic E-state index is 12.3. The molecule has 0 radical (unpaired) electrons. The summed E-state index contributed by atoms with van der Waals surface area (Å²) in [7, 11) is 0. The van der Waals surface area contributed by atoms with E-state index in [1.807, 2.05) is 42.5 Å². The number of hydrogen-bond acceptors (Lipinski definition) is 5. The van der Waals surface area contributed by atoms with Crippen molar-refractivity contribution in [2.45, 2.75) is 32.2 Å². The molecule has 0 spiro atoms. The molecule has 174 valence electrons. The van der Waals surface area contributed by atoms with Crippen LogP contribution in [0.1, 0.15) is 39.5 Å². The summed E-state index contributed by atoms with van der Waals surface area (Å²) in [6.07, 6.45) is -1.17. The third kappa shape index (κ3) is 7.29. The number of hydrogen-bond donors (Lipinski definition) is 5. The molecule has 7 heteroatoms. The van der Waals surface area contributed by atoms with Gasteiger partial charge < -0.3 is 15.7 Å². The van der Waals surface area contributed by atoms with Crippen molar-refractivity contribution in [1.82, 2.24) is 16.1 Å². The summed E-state index contributed by atoms with van der Waals surface area (Å²) < 4.78 is 0. The molecule has 2 unspecified atom stereocenters. The van der Waals surface area contributed by atoms with Crippen LogP contribution in [0.3, 0.4) is 0 Å². The molecule has 0 heterocycles. The van der Waals surface area contributed by atoms with Gasteiger partial charge >= 0.3 is 0 Å². The van der Waals surface area contributed by atoms with Gasteiger partial charge in [-0.3, -0.25) is 14.8 Å². The minimum absolute atomic E-state index is 0.300. The van der Waals surface area contributed by atoms with Crippen LogP contribution < -0.4 is 16.1 Å². The molecular formula is C27H27N3O4. The fraction of sp³-hybridized carbons (Fsp3) is 0.185. The molecule has 3 rings (SSSR count). The van der Waals surface area contributed by atoms with E-state index in [1.54, 1.807) is 24.3 Å². The molecule has 0 bridgehead atoms. The lowest BCUT2D eigenvalue weighted by atomic mass is 10.1. The standard InChI is InChI=1S/C27H27N3O4/c1-19(31)25(27(33)30-34)29-26(32)24-15-13-21(14-16-24)8-7-20-9-11-23(12-10-20)18-28-17-22-5-3-2-4-6-22/h2-6,9-16,19,25,28,31,34H,17-18H2,1H3,(H,29,32)(H,30,33). The molecule has 0 fully saturated rings. The van der Waals surface area contributed by atoms with Crippen molar-refractivity contribution >= 4 is 11.8 Å². The Labute approximate surface area is 198 Å². The van der Waals surface area contributed by atoms with E-state index in [2.05, 4.69) is 34.6 Å². The van der Waals surface area contributed by atoms with Crippen LogP contribution in [0.15, 0.2) is 78.9 Å². The number of aliphatic hydroxyl groups excluding tert-OH is 1. The normalized spacial score (nSPS) is 12.1. The molecule has 2 atom stereocenters. The van der Waals surface area contributed by atoms with Crippen LogP contribution in [0.25, 0.3) is 0 Å². The van der Waals surface area contributed by atoms with E-state index >= 15 is 0 Å². The summed E-state index contributed by atoms with van der Waals surface area (Å²) in [5.74, 6) is 4.72. The number of benzene rings is 3. The Morgan fingerprint density at radius 3 is 1.88 bits per heavy atom. The van der Waals surface area contributed by atoms with Gasteiger partial charge in [-0.15, -0.1) is 0 Å². The molecule has 2 amide bonds. The number of rotatable bonds is 8. The fourth-order valence-corrected chi connectivity index (χ4v) is 3.20. The Morgan fingerprint density at radius 2 is 1.35 bits per heavy atom. The van der Waals surface area contributed by atoms with Gasteiger partial charge in [0.2, 0.25) is 0 Å². The van der Waals surface area contributed by atoms with Crippen molar-refractivity contribution in [3.8, 4) is 11.8 Å². The highest BCUT2D eigenvalue weighted by molar-refractivity contribution is 5.97. The predicted octanol–water partition coefficient (Wildman–Crippen LogP) is 2.36. The van der Waals surface area contributed by atoms with Gasteiger partial charge in [-0.05, 0) is 54.4 Å². The Hall–Kier alpha value is -3.96. The van der Waals surface area contributed by atoms with E-state index in [-0.39, 0.29) is 0 Å². The lowest BCUT2D eigenvalue weighted by Crippen LogP contribution is -2.51. The lowest BCUT2D eigenvalue weighted by Gasteiger charge is -2.19. The Balaban J connectivity index is 1.54. The number of carbonyl (C=O) groups excluding carboxylic acids is 2. The van der Waals surface area contributed by atoms with Gasteiger partial charge in [0, 0.05) is 29.8 Å². The summed E-state index contributed by atoms with van der Waals surface area (Å²) >= 11 is 0. The summed E-state index contributed by atoms with van der Waals surface area (Å²) in [5, 5.41) is 24.2. The highest BCUT2D eigenvalue weighted by Gasteiger charge is 2.25. The van der Waals surface area contributed by atoms with Crippen molar-refractivity contribution in [1.29, 1.82) is 0 Å². The van der Waals surface area contributed by atoms with Gasteiger partial charge in [-0.25, -0.2) is 5.48 Å². The summed E-state index contributed by atoms with van der Waals surface area (Å²) in [4.78, 5) is 23.9. The van der Waals surface area contributed by atoms with Crippen LogP contribution in [0.2, 0.25) is 0 Å². The van der Waals surface area contributed by atoms with Crippen molar-refractivity contribution in [2.24, 2.45) is 0 Å². The van der Waals surface area contributed by atoms with E-state index in [9.17, 15) is 14.7 Å². The minimum atomic E-state index is -1.27. The maximum atomic E-state index is 12.3. The zero-order chi connectivity index (χ0) is 24.3. The largest absolute Gasteiger partial charge is 0.391 e. The molecule has 0 saturated carbocycles. The first-order valence-corrected chi connectivity index (χ1v) is 10.8. The van der Waals surface area contributed by atoms with Crippen molar-refractivity contribution in [3.05, 3.63) is 107 Å². The molecule has 3 aromatic rings. The Kier molecular flexibility index (Phi) is 8.95. The second-order valence-corrected chi connectivity index (χ2v) is 7.78. The van der Waals surface area contributed by atoms with Crippen molar-refractivity contribution in [2.75, 3.05) is 0 Å². The van der Waals surface area contributed by atoms with Gasteiger partial charge in [0.25, 0.3) is 11.8 Å². The van der Waals surface area contributed by atoms with Gasteiger partial charge in [0.05, 0.1) is 6.10 Å². The molecule has 0 aromatic heterocycles. The molecule has 3 aromatic carbocycles. The second-order valence-electron chi connectivity index (χ2n) is 7.78. The van der Waals surface area contributed by atoms with Crippen LogP contribution in [-0.2, 0) is 17.9 Å².